The quantitative estimate of drug-likeness (QED) is 0.181. The lowest BCUT2D eigenvalue weighted by molar-refractivity contribution is -0.159. The molecule has 0 radical (unpaired) electrons. The van der Waals surface area contributed by atoms with Crippen LogP contribution in [0.25, 0.3) is 0 Å². The van der Waals surface area contributed by atoms with Gasteiger partial charge in [-0.2, -0.15) is 0 Å². The minimum absolute atomic E-state index is 0.111. The maximum absolute atomic E-state index is 12.4. The molecule has 0 spiro atoms. The number of rotatable bonds is 14. The van der Waals surface area contributed by atoms with Gasteiger partial charge in [0.15, 0.2) is 0 Å². The lowest BCUT2D eigenvalue weighted by Crippen LogP contribution is -2.37. The van der Waals surface area contributed by atoms with Gasteiger partial charge in [0.05, 0.1) is 39.0 Å². The Morgan fingerprint density at radius 3 is 2.00 bits per heavy atom. The van der Waals surface area contributed by atoms with Gasteiger partial charge in [0.25, 0.3) is 0 Å². The molecule has 168 valence electrons. The number of esters is 1. The van der Waals surface area contributed by atoms with Crippen LogP contribution in [0.5, 0.6) is 0 Å². The minimum Gasteiger partial charge on any atom is -0.469 e. The fourth-order valence-corrected chi connectivity index (χ4v) is 3.36. The zero-order valence-corrected chi connectivity index (χ0v) is 18.8. The molecule has 0 unspecified atom stereocenters. The van der Waals surface area contributed by atoms with E-state index in [1.165, 1.54) is 7.11 Å². The highest BCUT2D eigenvalue weighted by molar-refractivity contribution is 5.73. The van der Waals surface area contributed by atoms with Crippen molar-refractivity contribution < 1.29 is 23.7 Å². The molecule has 31 heavy (non-hydrogen) atoms. The molecule has 0 aliphatic rings. The SMILES string of the molecule is C=C(C)C[C@H](C(=O)OC)[C@H](C)[C@@H](COCc1ccccc1)OCOCc1ccccc1. The van der Waals surface area contributed by atoms with Crippen LogP contribution in [0.3, 0.4) is 0 Å². The van der Waals surface area contributed by atoms with E-state index in [0.29, 0.717) is 26.2 Å². The van der Waals surface area contributed by atoms with E-state index in [1.54, 1.807) is 0 Å². The third kappa shape index (κ3) is 9.05. The Labute approximate surface area is 186 Å². The Hall–Kier alpha value is -2.47. The summed E-state index contributed by atoms with van der Waals surface area (Å²) in [5.41, 5.74) is 3.08. The van der Waals surface area contributed by atoms with Crippen LogP contribution in [-0.2, 0) is 37.0 Å². The Kier molecular flexibility index (Phi) is 11.0. The molecule has 2 rings (SSSR count). The van der Waals surface area contributed by atoms with Gasteiger partial charge < -0.3 is 18.9 Å². The number of carbonyl (C=O) groups excluding carboxylic acids is 1. The van der Waals surface area contributed by atoms with Crippen molar-refractivity contribution in [3.05, 3.63) is 83.9 Å². The first-order valence-corrected chi connectivity index (χ1v) is 10.6. The van der Waals surface area contributed by atoms with Crippen LogP contribution in [0.4, 0.5) is 0 Å². The number of methoxy groups -OCH3 is 1. The number of allylic oxidation sites excluding steroid dienone is 1. The molecule has 0 aliphatic carbocycles. The fourth-order valence-electron chi connectivity index (χ4n) is 3.36. The third-order valence-electron chi connectivity index (χ3n) is 5.16. The summed E-state index contributed by atoms with van der Waals surface area (Å²) in [6.45, 7) is 9.24. The molecule has 2 aromatic carbocycles. The Bertz CT molecular complexity index is 775. The van der Waals surface area contributed by atoms with Gasteiger partial charge >= 0.3 is 5.97 Å². The van der Waals surface area contributed by atoms with Gasteiger partial charge in [0, 0.05) is 0 Å². The predicted molar refractivity (Wildman–Crippen MR) is 121 cm³/mol. The van der Waals surface area contributed by atoms with Gasteiger partial charge in [-0.25, -0.2) is 0 Å². The monoisotopic (exact) mass is 426 g/mol. The molecule has 5 heteroatoms. The van der Waals surface area contributed by atoms with E-state index in [2.05, 4.69) is 6.58 Å². The predicted octanol–water partition coefficient (Wildman–Crippen LogP) is 5.15. The molecule has 0 saturated heterocycles. The van der Waals surface area contributed by atoms with E-state index in [9.17, 15) is 4.79 Å². The van der Waals surface area contributed by atoms with Crippen LogP contribution in [0, 0.1) is 11.8 Å². The van der Waals surface area contributed by atoms with E-state index in [4.69, 9.17) is 18.9 Å². The highest BCUT2D eigenvalue weighted by Crippen LogP contribution is 2.26. The summed E-state index contributed by atoms with van der Waals surface area (Å²) in [4.78, 5) is 12.4. The number of benzene rings is 2. The molecule has 0 fully saturated rings. The normalized spacial score (nSPS) is 13.9. The van der Waals surface area contributed by atoms with Crippen LogP contribution in [0.15, 0.2) is 72.8 Å². The lowest BCUT2D eigenvalue weighted by atomic mass is 9.85. The second kappa shape index (κ2) is 13.8. The average molecular weight is 427 g/mol. The Morgan fingerprint density at radius 2 is 1.48 bits per heavy atom. The molecule has 3 atom stereocenters. The molecular formula is C26H34O5. The van der Waals surface area contributed by atoms with Crippen molar-refractivity contribution in [3.8, 4) is 0 Å². The van der Waals surface area contributed by atoms with Crippen molar-refractivity contribution in [2.45, 2.75) is 39.6 Å². The summed E-state index contributed by atoms with van der Waals surface area (Å²) < 4.78 is 22.7. The van der Waals surface area contributed by atoms with Crippen molar-refractivity contribution in [1.82, 2.24) is 0 Å². The molecule has 0 heterocycles. The molecule has 2 aromatic rings. The van der Waals surface area contributed by atoms with Gasteiger partial charge in [-0.05, 0) is 30.4 Å². The molecule has 0 amide bonds. The molecular weight excluding hydrogens is 392 g/mol. The summed E-state index contributed by atoms with van der Waals surface area (Å²) in [7, 11) is 1.41. The fraction of sp³-hybridized carbons (Fsp3) is 0.423. The summed E-state index contributed by atoms with van der Waals surface area (Å²) in [6, 6.07) is 19.9. The molecule has 0 bridgehead atoms. The lowest BCUT2D eigenvalue weighted by Gasteiger charge is -2.29. The molecule has 0 N–H and O–H groups in total. The van der Waals surface area contributed by atoms with Crippen LogP contribution in [0.1, 0.15) is 31.4 Å². The second-order valence-electron chi connectivity index (χ2n) is 7.81. The van der Waals surface area contributed by atoms with E-state index < -0.39 is 0 Å². The number of hydrogen-bond acceptors (Lipinski definition) is 5. The smallest absolute Gasteiger partial charge is 0.309 e. The first kappa shape index (κ1) is 24.8. The van der Waals surface area contributed by atoms with Crippen molar-refractivity contribution in [3.63, 3.8) is 0 Å². The average Bonchev–Trinajstić information content (AvgIpc) is 2.79. The van der Waals surface area contributed by atoms with Gasteiger partial charge in [0.2, 0.25) is 0 Å². The van der Waals surface area contributed by atoms with E-state index >= 15 is 0 Å². The minimum atomic E-state index is -0.359. The topological polar surface area (TPSA) is 54.0 Å². The zero-order chi connectivity index (χ0) is 22.5. The van der Waals surface area contributed by atoms with Crippen LogP contribution in [-0.4, -0.2) is 32.6 Å². The second-order valence-corrected chi connectivity index (χ2v) is 7.81. The van der Waals surface area contributed by atoms with Crippen molar-refractivity contribution >= 4 is 5.97 Å². The number of carbonyl (C=O) groups is 1. The van der Waals surface area contributed by atoms with E-state index in [-0.39, 0.29) is 30.7 Å². The van der Waals surface area contributed by atoms with Gasteiger partial charge in [-0.3, -0.25) is 4.79 Å². The first-order valence-electron chi connectivity index (χ1n) is 10.6. The van der Waals surface area contributed by atoms with Crippen LogP contribution in [0.2, 0.25) is 0 Å². The molecule has 5 nitrogen and oxygen atoms in total. The van der Waals surface area contributed by atoms with Crippen molar-refractivity contribution in [2.24, 2.45) is 11.8 Å². The van der Waals surface area contributed by atoms with Crippen molar-refractivity contribution in [2.75, 3.05) is 20.5 Å². The maximum Gasteiger partial charge on any atom is 0.309 e. The summed E-state index contributed by atoms with van der Waals surface area (Å²) >= 11 is 0. The largest absolute Gasteiger partial charge is 0.469 e. The van der Waals surface area contributed by atoms with E-state index in [1.807, 2.05) is 74.5 Å². The first-order chi connectivity index (χ1) is 15.0. The van der Waals surface area contributed by atoms with Crippen LogP contribution < -0.4 is 0 Å². The summed E-state index contributed by atoms with van der Waals surface area (Å²) in [6.07, 6.45) is 0.208. The standard InChI is InChI=1S/C26H34O5/c1-20(2)15-24(26(27)28-4)21(3)25(18-29-16-22-11-7-5-8-12-22)31-19-30-17-23-13-9-6-10-14-23/h5-14,21,24-25H,1,15-19H2,2-4H3/t21-,24-,25+/m0/s1. The Balaban J connectivity index is 1.98. The number of ether oxygens (including phenoxy) is 4. The van der Waals surface area contributed by atoms with Gasteiger partial charge in [-0.1, -0.05) is 73.2 Å². The highest BCUT2D eigenvalue weighted by Gasteiger charge is 2.32. The van der Waals surface area contributed by atoms with Crippen molar-refractivity contribution in [1.29, 1.82) is 0 Å². The molecule has 0 aromatic heterocycles. The summed E-state index contributed by atoms with van der Waals surface area (Å²) in [5, 5.41) is 0. The maximum atomic E-state index is 12.4. The van der Waals surface area contributed by atoms with Crippen LogP contribution >= 0.6 is 0 Å². The highest BCUT2D eigenvalue weighted by atomic mass is 16.7. The summed E-state index contributed by atoms with van der Waals surface area (Å²) in [5.74, 6) is -0.764. The Morgan fingerprint density at radius 1 is 0.935 bits per heavy atom. The zero-order valence-electron chi connectivity index (χ0n) is 18.8. The molecule has 0 saturated carbocycles. The van der Waals surface area contributed by atoms with E-state index in [0.717, 1.165) is 16.7 Å². The third-order valence-corrected chi connectivity index (χ3v) is 5.16. The van der Waals surface area contributed by atoms with Gasteiger partial charge in [0.1, 0.15) is 6.79 Å². The van der Waals surface area contributed by atoms with Gasteiger partial charge in [-0.15, -0.1) is 6.58 Å². The number of hydrogen-bond donors (Lipinski definition) is 0. The molecule has 0 aliphatic heterocycles.